The van der Waals surface area contributed by atoms with Gasteiger partial charge in [-0.25, -0.2) is 4.79 Å². The van der Waals surface area contributed by atoms with Crippen LogP contribution in [0.5, 0.6) is 0 Å². The van der Waals surface area contributed by atoms with E-state index in [4.69, 9.17) is 4.42 Å². The Kier molecular flexibility index (Phi) is 3.65. The molecule has 0 spiro atoms. The van der Waals surface area contributed by atoms with E-state index in [-0.39, 0.29) is 18.0 Å². The summed E-state index contributed by atoms with van der Waals surface area (Å²) in [6, 6.07) is 6.28. The van der Waals surface area contributed by atoms with Crippen LogP contribution in [0.4, 0.5) is 0 Å². The Labute approximate surface area is 142 Å². The molecule has 3 aromatic rings. The number of fused-ring (bicyclic) bond motifs is 1. The number of aliphatic hydroxyl groups excluding tert-OH is 1. The Morgan fingerprint density at radius 2 is 2.12 bits per heavy atom. The summed E-state index contributed by atoms with van der Waals surface area (Å²) in [5.41, 5.74) is 0.808. The molecule has 2 aromatic heterocycles. The molecule has 2 heterocycles. The van der Waals surface area contributed by atoms with Crippen LogP contribution in [-0.4, -0.2) is 32.9 Å². The first-order chi connectivity index (χ1) is 12.0. The highest BCUT2D eigenvalue weighted by molar-refractivity contribution is 6.06. The van der Waals surface area contributed by atoms with Crippen molar-refractivity contribution >= 4 is 16.7 Å². The van der Waals surface area contributed by atoms with Gasteiger partial charge in [0.15, 0.2) is 0 Å². The molecule has 0 aliphatic heterocycles. The quantitative estimate of drug-likeness (QED) is 0.752. The Morgan fingerprint density at radius 3 is 2.80 bits per heavy atom. The second-order valence-corrected chi connectivity index (χ2v) is 6.35. The topological polar surface area (TPSA) is 97.4 Å². The van der Waals surface area contributed by atoms with Gasteiger partial charge in [0.05, 0.1) is 35.3 Å². The molecule has 1 aromatic carbocycles. The van der Waals surface area contributed by atoms with Gasteiger partial charge in [-0.05, 0) is 25.0 Å². The lowest BCUT2D eigenvalue weighted by Crippen LogP contribution is -2.56. The van der Waals surface area contributed by atoms with Crippen molar-refractivity contribution in [1.29, 1.82) is 0 Å². The number of aryl methyl sites for hydroxylation is 1. The lowest BCUT2D eigenvalue weighted by molar-refractivity contribution is -0.00589. The molecule has 0 unspecified atom stereocenters. The van der Waals surface area contributed by atoms with E-state index >= 15 is 0 Å². The van der Waals surface area contributed by atoms with Crippen molar-refractivity contribution < 1.29 is 14.3 Å². The van der Waals surface area contributed by atoms with E-state index in [9.17, 15) is 14.7 Å². The lowest BCUT2D eigenvalue weighted by Gasteiger charge is -2.41. The maximum Gasteiger partial charge on any atom is 0.343 e. The first-order valence-corrected chi connectivity index (χ1v) is 8.05. The van der Waals surface area contributed by atoms with E-state index < -0.39 is 11.7 Å². The van der Waals surface area contributed by atoms with Crippen molar-refractivity contribution in [3.05, 3.63) is 64.5 Å². The van der Waals surface area contributed by atoms with Crippen LogP contribution in [0.2, 0.25) is 0 Å². The summed E-state index contributed by atoms with van der Waals surface area (Å²) in [5, 5.41) is 18.1. The van der Waals surface area contributed by atoms with Gasteiger partial charge in [-0.3, -0.25) is 9.48 Å². The summed E-state index contributed by atoms with van der Waals surface area (Å²) >= 11 is 0. The van der Waals surface area contributed by atoms with E-state index in [0.717, 1.165) is 5.56 Å². The number of hydrogen-bond donors (Lipinski definition) is 2. The molecule has 128 valence electrons. The number of aromatic nitrogens is 2. The fourth-order valence-corrected chi connectivity index (χ4v) is 3.27. The molecule has 1 aliphatic carbocycles. The molecule has 0 saturated heterocycles. The van der Waals surface area contributed by atoms with Crippen LogP contribution in [0.15, 0.2) is 52.1 Å². The third-order valence-electron chi connectivity index (χ3n) is 4.62. The zero-order chi connectivity index (χ0) is 17.6. The van der Waals surface area contributed by atoms with Gasteiger partial charge < -0.3 is 14.8 Å². The van der Waals surface area contributed by atoms with Crippen molar-refractivity contribution in [3.63, 3.8) is 0 Å². The molecule has 1 fully saturated rings. The molecule has 2 N–H and O–H groups in total. The van der Waals surface area contributed by atoms with Crippen molar-refractivity contribution in [3.8, 4) is 0 Å². The number of nitrogens with one attached hydrogen (secondary N) is 1. The maximum atomic E-state index is 12.7. The second-order valence-electron chi connectivity index (χ2n) is 6.35. The number of rotatable bonds is 3. The van der Waals surface area contributed by atoms with Gasteiger partial charge in [0.25, 0.3) is 5.91 Å². The molecular formula is C18H17N3O4. The third-order valence-corrected chi connectivity index (χ3v) is 4.62. The maximum absolute atomic E-state index is 12.7. The summed E-state index contributed by atoms with van der Waals surface area (Å²) in [6.07, 6.45) is 4.62. The second kappa shape index (κ2) is 5.86. The first kappa shape index (κ1) is 15.6. The highest BCUT2D eigenvalue weighted by Gasteiger charge is 2.43. The Balaban J connectivity index is 1.61. The largest absolute Gasteiger partial charge is 0.430 e. The van der Waals surface area contributed by atoms with E-state index in [1.54, 1.807) is 35.1 Å². The zero-order valence-electron chi connectivity index (χ0n) is 13.5. The average molecular weight is 339 g/mol. The predicted octanol–water partition coefficient (Wildman–Crippen LogP) is 1.40. The monoisotopic (exact) mass is 339 g/mol. The summed E-state index contributed by atoms with van der Waals surface area (Å²) in [4.78, 5) is 24.5. The highest BCUT2D eigenvalue weighted by Crippen LogP contribution is 2.33. The van der Waals surface area contributed by atoms with Gasteiger partial charge in [-0.2, -0.15) is 5.10 Å². The van der Waals surface area contributed by atoms with Gasteiger partial charge in [-0.1, -0.05) is 18.2 Å². The molecule has 0 bridgehead atoms. The van der Waals surface area contributed by atoms with E-state index in [1.165, 1.54) is 6.26 Å². The van der Waals surface area contributed by atoms with Crippen LogP contribution in [-0.2, 0) is 0 Å². The molecule has 0 radical (unpaired) electrons. The van der Waals surface area contributed by atoms with E-state index in [2.05, 4.69) is 10.4 Å². The SMILES string of the molecule is Cc1cnn([C@H]2[C@H](O)C[C@@H]2NC(=O)c2coc(=O)c3ccccc23)c1. The summed E-state index contributed by atoms with van der Waals surface area (Å²) < 4.78 is 6.66. The summed E-state index contributed by atoms with van der Waals surface area (Å²) in [5.74, 6) is -0.342. The van der Waals surface area contributed by atoms with Crippen molar-refractivity contribution in [2.45, 2.75) is 31.5 Å². The average Bonchev–Trinajstić information content (AvgIpc) is 3.00. The first-order valence-electron chi connectivity index (χ1n) is 8.05. The van der Waals surface area contributed by atoms with E-state index in [1.807, 2.05) is 13.1 Å². The Hall–Kier alpha value is -2.93. The fourth-order valence-electron chi connectivity index (χ4n) is 3.27. The molecule has 4 rings (SSSR count). The van der Waals surface area contributed by atoms with Crippen LogP contribution < -0.4 is 10.9 Å². The van der Waals surface area contributed by atoms with Crippen molar-refractivity contribution in [2.24, 2.45) is 0 Å². The van der Waals surface area contributed by atoms with Gasteiger partial charge in [0.1, 0.15) is 6.26 Å². The molecule has 7 nitrogen and oxygen atoms in total. The van der Waals surface area contributed by atoms with Crippen LogP contribution in [0.3, 0.4) is 0 Å². The fraction of sp³-hybridized carbons (Fsp3) is 0.278. The number of aliphatic hydroxyl groups is 1. The summed E-state index contributed by atoms with van der Waals surface area (Å²) in [6.45, 7) is 1.92. The summed E-state index contributed by atoms with van der Waals surface area (Å²) in [7, 11) is 0. The van der Waals surface area contributed by atoms with Crippen LogP contribution in [0.1, 0.15) is 28.4 Å². The van der Waals surface area contributed by atoms with Gasteiger partial charge in [-0.15, -0.1) is 0 Å². The number of carbonyl (C=O) groups excluding carboxylic acids is 1. The zero-order valence-corrected chi connectivity index (χ0v) is 13.5. The predicted molar refractivity (Wildman–Crippen MR) is 90.4 cm³/mol. The van der Waals surface area contributed by atoms with Crippen molar-refractivity contribution in [2.75, 3.05) is 0 Å². The Bertz CT molecular complexity index is 1010. The van der Waals surface area contributed by atoms with Gasteiger partial charge in [0.2, 0.25) is 0 Å². The van der Waals surface area contributed by atoms with Crippen LogP contribution in [0.25, 0.3) is 10.8 Å². The normalized spacial score (nSPS) is 22.6. The standard InChI is InChI=1S/C18H17N3O4/c1-10-7-19-21(8-10)16-14(6-15(16)22)20-17(23)13-9-25-18(24)12-5-3-2-4-11(12)13/h2-5,7-9,14-16,22H,6H2,1H3,(H,20,23)/t14-,15+,16+/m0/s1. The molecule has 1 amide bonds. The minimum atomic E-state index is -0.560. The lowest BCUT2D eigenvalue weighted by atomic mass is 9.82. The minimum Gasteiger partial charge on any atom is -0.430 e. The smallest absolute Gasteiger partial charge is 0.343 e. The van der Waals surface area contributed by atoms with Crippen LogP contribution in [0, 0.1) is 6.92 Å². The molecule has 25 heavy (non-hydrogen) atoms. The van der Waals surface area contributed by atoms with Gasteiger partial charge >= 0.3 is 5.63 Å². The van der Waals surface area contributed by atoms with Crippen LogP contribution >= 0.6 is 0 Å². The number of hydrogen-bond acceptors (Lipinski definition) is 5. The van der Waals surface area contributed by atoms with Gasteiger partial charge in [0, 0.05) is 11.6 Å². The molecule has 7 heteroatoms. The van der Waals surface area contributed by atoms with Crippen molar-refractivity contribution in [1.82, 2.24) is 15.1 Å². The Morgan fingerprint density at radius 1 is 1.36 bits per heavy atom. The molecular weight excluding hydrogens is 322 g/mol. The molecule has 1 saturated carbocycles. The number of nitrogens with zero attached hydrogens (tertiary/aromatic N) is 2. The molecule has 3 atom stereocenters. The molecule has 1 aliphatic rings. The minimum absolute atomic E-state index is 0.243. The highest BCUT2D eigenvalue weighted by atomic mass is 16.4. The van der Waals surface area contributed by atoms with E-state index in [0.29, 0.717) is 22.8 Å². The third kappa shape index (κ3) is 2.62. The number of amides is 1. The number of carbonyl (C=O) groups is 1. The number of benzene rings is 1.